The average molecular weight is 166 g/mol. The minimum Gasteiger partial charge on any atom is -0.497 e. The first-order valence-electron chi connectivity index (χ1n) is 3.46. The van der Waals surface area contributed by atoms with E-state index in [1.807, 2.05) is 0 Å². The zero-order valence-electron chi connectivity index (χ0n) is 7.00. The van der Waals surface area contributed by atoms with Crippen LogP contribution in [0.1, 0.15) is 16.2 Å². The highest BCUT2D eigenvalue weighted by atomic mass is 16.5. The molecule has 0 saturated carbocycles. The van der Waals surface area contributed by atoms with Gasteiger partial charge in [-0.3, -0.25) is 4.79 Å². The van der Waals surface area contributed by atoms with Crippen LogP contribution in [0.25, 0.3) is 0 Å². The van der Waals surface area contributed by atoms with Crippen molar-refractivity contribution in [3.8, 4) is 5.75 Å². The Balaban J connectivity index is 3.15. The Hall–Kier alpha value is -1.58. The van der Waals surface area contributed by atoms with Gasteiger partial charge < -0.3 is 10.5 Å². The molecule has 0 aliphatic rings. The Labute approximate surface area is 70.4 Å². The predicted molar refractivity (Wildman–Crippen MR) is 44.0 cm³/mol. The maximum absolute atomic E-state index is 10.7. The molecule has 0 fully saturated rings. The molecule has 0 aliphatic carbocycles. The van der Waals surface area contributed by atoms with Crippen LogP contribution in [0, 0.1) is 6.92 Å². The molecule has 0 bridgehead atoms. The second-order valence-corrected chi connectivity index (χ2v) is 2.40. The van der Waals surface area contributed by atoms with Crippen LogP contribution in [0.4, 0.5) is 0 Å². The van der Waals surface area contributed by atoms with Crippen molar-refractivity contribution in [3.63, 3.8) is 0 Å². The lowest BCUT2D eigenvalue weighted by atomic mass is 10.3. The summed E-state index contributed by atoms with van der Waals surface area (Å²) >= 11 is 0. The van der Waals surface area contributed by atoms with Crippen LogP contribution in [-0.2, 0) is 0 Å². The average Bonchev–Trinajstić information content (AvgIpc) is 2.03. The number of primary amides is 1. The first-order chi connectivity index (χ1) is 5.63. The van der Waals surface area contributed by atoms with Gasteiger partial charge in [0.05, 0.1) is 7.11 Å². The molecule has 4 heteroatoms. The first kappa shape index (κ1) is 8.52. The molecule has 0 aromatic carbocycles. The lowest BCUT2D eigenvalue weighted by Crippen LogP contribution is -2.13. The SMILES string of the molecule is COc1cc(C)nc(C(N)=O)c1. The number of methoxy groups -OCH3 is 1. The van der Waals surface area contributed by atoms with Gasteiger partial charge in [-0.25, -0.2) is 4.98 Å². The molecule has 1 aromatic heterocycles. The molecule has 1 rings (SSSR count). The molecule has 0 aliphatic heterocycles. The predicted octanol–water partition coefficient (Wildman–Crippen LogP) is 0.498. The number of carbonyl (C=O) groups excluding carboxylic acids is 1. The van der Waals surface area contributed by atoms with Gasteiger partial charge in [0.1, 0.15) is 11.4 Å². The van der Waals surface area contributed by atoms with Crippen LogP contribution in [-0.4, -0.2) is 18.0 Å². The highest BCUT2D eigenvalue weighted by Gasteiger charge is 2.04. The number of rotatable bonds is 2. The highest BCUT2D eigenvalue weighted by molar-refractivity contribution is 5.91. The van der Waals surface area contributed by atoms with Crippen molar-refractivity contribution >= 4 is 5.91 Å². The lowest BCUT2D eigenvalue weighted by molar-refractivity contribution is 0.0995. The van der Waals surface area contributed by atoms with E-state index in [0.717, 1.165) is 0 Å². The molecule has 1 aromatic rings. The number of carbonyl (C=O) groups is 1. The van der Waals surface area contributed by atoms with E-state index >= 15 is 0 Å². The number of aromatic nitrogens is 1. The van der Waals surface area contributed by atoms with Crippen LogP contribution in [0.2, 0.25) is 0 Å². The van der Waals surface area contributed by atoms with Gasteiger partial charge in [0, 0.05) is 17.8 Å². The van der Waals surface area contributed by atoms with Crippen LogP contribution >= 0.6 is 0 Å². The van der Waals surface area contributed by atoms with Gasteiger partial charge >= 0.3 is 0 Å². The van der Waals surface area contributed by atoms with E-state index < -0.39 is 5.91 Å². The van der Waals surface area contributed by atoms with E-state index in [1.54, 1.807) is 13.0 Å². The first-order valence-corrected chi connectivity index (χ1v) is 3.46. The molecule has 12 heavy (non-hydrogen) atoms. The smallest absolute Gasteiger partial charge is 0.267 e. The van der Waals surface area contributed by atoms with Crippen molar-refractivity contribution in [2.45, 2.75) is 6.92 Å². The molecule has 1 heterocycles. The zero-order valence-corrected chi connectivity index (χ0v) is 7.00. The number of pyridine rings is 1. The molecule has 64 valence electrons. The summed E-state index contributed by atoms with van der Waals surface area (Å²) in [7, 11) is 1.53. The standard InChI is InChI=1S/C8H10N2O2/c1-5-3-6(12-2)4-7(10-5)8(9)11/h3-4H,1-2H3,(H2,9,11). The summed E-state index contributed by atoms with van der Waals surface area (Å²) in [6.45, 7) is 1.77. The van der Waals surface area contributed by atoms with Gasteiger partial charge in [0.25, 0.3) is 5.91 Å². The van der Waals surface area contributed by atoms with Crippen LogP contribution in [0.5, 0.6) is 5.75 Å². The summed E-state index contributed by atoms with van der Waals surface area (Å²) in [4.78, 5) is 14.7. The van der Waals surface area contributed by atoms with Gasteiger partial charge in [-0.1, -0.05) is 0 Å². The van der Waals surface area contributed by atoms with Crippen molar-refractivity contribution in [2.24, 2.45) is 5.73 Å². The van der Waals surface area contributed by atoms with Gasteiger partial charge in [0.2, 0.25) is 0 Å². The molecule has 0 atom stereocenters. The maximum atomic E-state index is 10.7. The lowest BCUT2D eigenvalue weighted by Gasteiger charge is -2.02. The van der Waals surface area contributed by atoms with E-state index in [2.05, 4.69) is 4.98 Å². The minimum atomic E-state index is -0.544. The number of ether oxygens (including phenoxy) is 1. The number of hydrogen-bond donors (Lipinski definition) is 1. The number of aryl methyl sites for hydroxylation is 1. The fraction of sp³-hybridized carbons (Fsp3) is 0.250. The molecule has 4 nitrogen and oxygen atoms in total. The van der Waals surface area contributed by atoms with Crippen molar-refractivity contribution in [3.05, 3.63) is 23.5 Å². The molecule has 0 saturated heterocycles. The number of amides is 1. The molecule has 0 spiro atoms. The summed E-state index contributed by atoms with van der Waals surface area (Å²) in [5.41, 5.74) is 5.99. The number of nitrogens with two attached hydrogens (primary N) is 1. The molecule has 2 N–H and O–H groups in total. The molecule has 0 radical (unpaired) electrons. The van der Waals surface area contributed by atoms with E-state index in [-0.39, 0.29) is 5.69 Å². The third-order valence-electron chi connectivity index (χ3n) is 1.42. The van der Waals surface area contributed by atoms with Gasteiger partial charge in [-0.2, -0.15) is 0 Å². The minimum absolute atomic E-state index is 0.229. The highest BCUT2D eigenvalue weighted by Crippen LogP contribution is 2.12. The number of hydrogen-bond acceptors (Lipinski definition) is 3. The van der Waals surface area contributed by atoms with Gasteiger partial charge in [-0.05, 0) is 6.92 Å². The third-order valence-corrected chi connectivity index (χ3v) is 1.42. The monoisotopic (exact) mass is 166 g/mol. The summed E-state index contributed by atoms with van der Waals surface area (Å²) in [5.74, 6) is 0.0494. The van der Waals surface area contributed by atoms with E-state index in [4.69, 9.17) is 10.5 Å². The fourth-order valence-electron chi connectivity index (χ4n) is 0.881. The molecular weight excluding hydrogens is 156 g/mol. The van der Waals surface area contributed by atoms with Crippen LogP contribution in [0.15, 0.2) is 12.1 Å². The summed E-state index contributed by atoms with van der Waals surface area (Å²) in [5, 5.41) is 0. The van der Waals surface area contributed by atoms with E-state index in [9.17, 15) is 4.79 Å². The second kappa shape index (κ2) is 3.21. The summed E-state index contributed by atoms with van der Waals surface area (Å²) < 4.78 is 4.94. The Morgan fingerprint density at radius 2 is 2.25 bits per heavy atom. The Morgan fingerprint density at radius 1 is 1.58 bits per heavy atom. The summed E-state index contributed by atoms with van der Waals surface area (Å²) in [6.07, 6.45) is 0. The van der Waals surface area contributed by atoms with Crippen molar-refractivity contribution in [1.82, 2.24) is 4.98 Å². The maximum Gasteiger partial charge on any atom is 0.267 e. The molecule has 0 unspecified atom stereocenters. The fourth-order valence-corrected chi connectivity index (χ4v) is 0.881. The Bertz CT molecular complexity index is 310. The van der Waals surface area contributed by atoms with E-state index in [0.29, 0.717) is 11.4 Å². The molecular formula is C8H10N2O2. The van der Waals surface area contributed by atoms with Crippen LogP contribution < -0.4 is 10.5 Å². The normalized spacial score (nSPS) is 9.50. The molecule has 1 amide bonds. The Morgan fingerprint density at radius 3 is 2.75 bits per heavy atom. The van der Waals surface area contributed by atoms with Gasteiger partial charge in [0.15, 0.2) is 0 Å². The van der Waals surface area contributed by atoms with Crippen molar-refractivity contribution < 1.29 is 9.53 Å². The Kier molecular flexibility index (Phi) is 2.28. The van der Waals surface area contributed by atoms with Crippen molar-refractivity contribution in [2.75, 3.05) is 7.11 Å². The zero-order chi connectivity index (χ0) is 9.14. The third kappa shape index (κ3) is 1.72. The van der Waals surface area contributed by atoms with Crippen LogP contribution in [0.3, 0.4) is 0 Å². The summed E-state index contributed by atoms with van der Waals surface area (Å²) in [6, 6.07) is 3.24. The van der Waals surface area contributed by atoms with Crippen molar-refractivity contribution in [1.29, 1.82) is 0 Å². The topological polar surface area (TPSA) is 65.2 Å². The van der Waals surface area contributed by atoms with Gasteiger partial charge in [-0.15, -0.1) is 0 Å². The largest absolute Gasteiger partial charge is 0.497 e. The number of nitrogens with zero attached hydrogens (tertiary/aromatic N) is 1. The second-order valence-electron chi connectivity index (χ2n) is 2.40. The quantitative estimate of drug-likeness (QED) is 0.695. The van der Waals surface area contributed by atoms with E-state index in [1.165, 1.54) is 13.2 Å².